The van der Waals surface area contributed by atoms with E-state index < -0.39 is 11.8 Å². The molecule has 6 nitrogen and oxygen atoms in total. The van der Waals surface area contributed by atoms with E-state index in [0.29, 0.717) is 39.2 Å². The number of anilines is 1. The molecule has 0 spiro atoms. The van der Waals surface area contributed by atoms with Gasteiger partial charge in [0.15, 0.2) is 11.6 Å². The zero-order valence-corrected chi connectivity index (χ0v) is 27.7. The Morgan fingerprint density at radius 1 is 0.423 bits per heavy atom. The first-order valence-electron chi connectivity index (χ1n) is 16.9. The van der Waals surface area contributed by atoms with Crippen LogP contribution in [-0.4, -0.2) is 27.9 Å². The lowest BCUT2D eigenvalue weighted by molar-refractivity contribution is 0.0924. The summed E-state index contributed by atoms with van der Waals surface area (Å²) in [6.07, 6.45) is 0. The Balaban J connectivity index is 1.22. The minimum absolute atomic E-state index is 0.130. The van der Waals surface area contributed by atoms with Crippen molar-refractivity contribution in [2.24, 2.45) is 0 Å². The average Bonchev–Trinajstić information content (AvgIpc) is 3.67. The van der Waals surface area contributed by atoms with Crippen molar-refractivity contribution in [2.45, 2.75) is 0 Å². The number of hydrogen-bond acceptors (Lipinski definition) is 4. The lowest BCUT2D eigenvalue weighted by atomic mass is 9.99. The smallest absolute Gasteiger partial charge is 0.268 e. The molecule has 1 aliphatic rings. The minimum atomic E-state index is -0.428. The number of imide groups is 1. The summed E-state index contributed by atoms with van der Waals surface area (Å²) < 4.78 is 1.95. The Morgan fingerprint density at radius 2 is 0.942 bits per heavy atom. The van der Waals surface area contributed by atoms with Crippen molar-refractivity contribution >= 4 is 50.9 Å². The molecule has 0 atom stereocenters. The molecule has 2 amide bonds. The molecular weight excluding hydrogens is 645 g/mol. The van der Waals surface area contributed by atoms with Crippen molar-refractivity contribution in [2.75, 3.05) is 4.90 Å². The number of carbonyl (C=O) groups is 4. The van der Waals surface area contributed by atoms with Gasteiger partial charge in [0, 0.05) is 33.0 Å². The highest BCUT2D eigenvalue weighted by Gasteiger charge is 2.39. The van der Waals surface area contributed by atoms with Gasteiger partial charge >= 0.3 is 0 Å². The second-order valence-corrected chi connectivity index (χ2v) is 12.8. The van der Waals surface area contributed by atoms with Crippen molar-refractivity contribution in [3.63, 3.8) is 0 Å². The van der Waals surface area contributed by atoms with Gasteiger partial charge in [-0.25, -0.2) is 4.90 Å². The molecule has 7 aromatic carbocycles. The van der Waals surface area contributed by atoms with Gasteiger partial charge in [0.05, 0.1) is 33.5 Å². The van der Waals surface area contributed by atoms with Crippen LogP contribution >= 0.6 is 0 Å². The molecule has 0 N–H and O–H groups in total. The molecule has 1 aliphatic heterocycles. The molecule has 0 fully saturated rings. The number of aromatic nitrogens is 1. The molecule has 2 heterocycles. The summed E-state index contributed by atoms with van der Waals surface area (Å²) in [7, 11) is 0. The van der Waals surface area contributed by atoms with E-state index in [4.69, 9.17) is 0 Å². The van der Waals surface area contributed by atoms with E-state index in [2.05, 4.69) is 0 Å². The Labute approximate surface area is 298 Å². The number of benzene rings is 7. The standard InChI is InChI=1S/C46H28N2O4/c49-43(30-14-6-2-7-15-30)33-22-24-39-37(27-33)38-28-34(44(50)31-16-8-3-9-17-31)23-25-40(38)48(39)41-21-11-20-36-42(41)46(52)47(45(36)51)35-19-10-18-32(26-35)29-12-4-1-5-13-29/h1-28H. The summed E-state index contributed by atoms with van der Waals surface area (Å²) in [5.74, 6) is -1.09. The van der Waals surface area contributed by atoms with E-state index in [1.165, 1.54) is 4.90 Å². The second-order valence-electron chi connectivity index (χ2n) is 12.8. The van der Waals surface area contributed by atoms with Crippen LogP contribution < -0.4 is 4.90 Å². The van der Waals surface area contributed by atoms with E-state index in [9.17, 15) is 19.2 Å². The Kier molecular flexibility index (Phi) is 7.30. The monoisotopic (exact) mass is 672 g/mol. The maximum Gasteiger partial charge on any atom is 0.268 e. The molecule has 52 heavy (non-hydrogen) atoms. The van der Waals surface area contributed by atoms with Crippen molar-refractivity contribution in [3.05, 3.63) is 203 Å². The molecule has 0 radical (unpaired) electrons. The van der Waals surface area contributed by atoms with Gasteiger partial charge in [-0.3, -0.25) is 19.2 Å². The summed E-state index contributed by atoms with van der Waals surface area (Å²) in [5, 5.41) is 1.47. The molecule has 9 rings (SSSR count). The summed E-state index contributed by atoms with van der Waals surface area (Å²) in [4.78, 5) is 57.0. The molecule has 6 heteroatoms. The van der Waals surface area contributed by atoms with Crippen LogP contribution in [0.3, 0.4) is 0 Å². The first kappa shape index (κ1) is 30.8. The topological polar surface area (TPSA) is 76.5 Å². The highest BCUT2D eigenvalue weighted by Crippen LogP contribution is 2.39. The van der Waals surface area contributed by atoms with Gasteiger partial charge in [-0.15, -0.1) is 0 Å². The van der Waals surface area contributed by atoms with Crippen LogP contribution in [0.15, 0.2) is 170 Å². The van der Waals surface area contributed by atoms with E-state index in [-0.39, 0.29) is 17.1 Å². The highest BCUT2D eigenvalue weighted by molar-refractivity contribution is 6.36. The van der Waals surface area contributed by atoms with Gasteiger partial charge in [0.2, 0.25) is 0 Å². The summed E-state index contributed by atoms with van der Waals surface area (Å²) in [6.45, 7) is 0. The number of nitrogens with zero attached hydrogens (tertiary/aromatic N) is 2. The number of ketones is 2. The quantitative estimate of drug-likeness (QED) is 0.125. The fraction of sp³-hybridized carbons (Fsp3) is 0. The second kappa shape index (κ2) is 12.3. The molecule has 1 aromatic heterocycles. The maximum atomic E-state index is 14.4. The maximum absolute atomic E-state index is 14.4. The Bertz CT molecular complexity index is 2640. The lowest BCUT2D eigenvalue weighted by Crippen LogP contribution is -2.29. The summed E-state index contributed by atoms with van der Waals surface area (Å²) >= 11 is 0. The number of carbonyl (C=O) groups excluding carboxylic acids is 4. The number of fused-ring (bicyclic) bond motifs is 4. The lowest BCUT2D eigenvalue weighted by Gasteiger charge is -2.16. The van der Waals surface area contributed by atoms with E-state index in [1.807, 2.05) is 120 Å². The molecular formula is C46H28N2O4. The van der Waals surface area contributed by atoms with Crippen molar-refractivity contribution in [1.29, 1.82) is 0 Å². The zero-order chi connectivity index (χ0) is 35.3. The van der Waals surface area contributed by atoms with Gasteiger partial charge in [0.1, 0.15) is 0 Å². The van der Waals surface area contributed by atoms with Gasteiger partial charge in [-0.1, -0.05) is 109 Å². The molecule has 0 saturated carbocycles. The molecule has 0 aliphatic carbocycles. The van der Waals surface area contributed by atoms with Gasteiger partial charge in [-0.2, -0.15) is 0 Å². The number of rotatable bonds is 7. The molecule has 0 saturated heterocycles. The van der Waals surface area contributed by atoms with Crippen molar-refractivity contribution < 1.29 is 19.2 Å². The predicted molar refractivity (Wildman–Crippen MR) is 204 cm³/mol. The largest absolute Gasteiger partial charge is 0.308 e. The van der Waals surface area contributed by atoms with Crippen molar-refractivity contribution in [3.8, 4) is 16.8 Å². The van der Waals surface area contributed by atoms with Crippen LogP contribution in [0.5, 0.6) is 0 Å². The molecule has 246 valence electrons. The summed E-state index contributed by atoms with van der Waals surface area (Å²) in [6, 6.07) is 51.7. The molecule has 8 aromatic rings. The van der Waals surface area contributed by atoms with Crippen LogP contribution in [0.4, 0.5) is 5.69 Å². The zero-order valence-electron chi connectivity index (χ0n) is 27.7. The van der Waals surface area contributed by atoms with Gasteiger partial charge < -0.3 is 4.57 Å². The average molecular weight is 673 g/mol. The summed E-state index contributed by atoms with van der Waals surface area (Å²) in [5.41, 5.74) is 7.01. The Morgan fingerprint density at radius 3 is 1.52 bits per heavy atom. The number of hydrogen-bond donors (Lipinski definition) is 0. The molecule has 0 unspecified atom stereocenters. The van der Waals surface area contributed by atoms with Crippen LogP contribution in [0, 0.1) is 0 Å². The van der Waals surface area contributed by atoms with Crippen LogP contribution in [0.2, 0.25) is 0 Å². The third kappa shape index (κ3) is 4.96. The van der Waals surface area contributed by atoms with E-state index >= 15 is 0 Å². The minimum Gasteiger partial charge on any atom is -0.308 e. The highest BCUT2D eigenvalue weighted by atomic mass is 16.2. The Hall–Kier alpha value is -7.18. The van der Waals surface area contributed by atoms with Crippen LogP contribution in [0.1, 0.15) is 52.6 Å². The fourth-order valence-electron chi connectivity index (χ4n) is 7.22. The van der Waals surface area contributed by atoms with Gasteiger partial charge in [0.25, 0.3) is 11.8 Å². The van der Waals surface area contributed by atoms with Crippen LogP contribution in [0.25, 0.3) is 38.6 Å². The first-order chi connectivity index (χ1) is 25.5. The van der Waals surface area contributed by atoms with Gasteiger partial charge in [-0.05, 0) is 71.8 Å². The first-order valence-corrected chi connectivity index (χ1v) is 16.9. The normalized spacial score (nSPS) is 12.4. The third-order valence-corrected chi connectivity index (χ3v) is 9.71. The number of amides is 2. The fourth-order valence-corrected chi connectivity index (χ4v) is 7.22. The molecule has 0 bridgehead atoms. The SMILES string of the molecule is O=C(c1ccccc1)c1ccc2c(c1)c1cc(C(=O)c3ccccc3)ccc1n2-c1cccc2c1C(=O)N(c1cccc(-c3ccccc3)c1)C2=O. The van der Waals surface area contributed by atoms with E-state index in [0.717, 1.165) is 32.9 Å². The van der Waals surface area contributed by atoms with Crippen molar-refractivity contribution in [1.82, 2.24) is 4.57 Å². The van der Waals surface area contributed by atoms with Crippen LogP contribution in [-0.2, 0) is 0 Å². The third-order valence-electron chi connectivity index (χ3n) is 9.71. The predicted octanol–water partition coefficient (Wildman–Crippen LogP) is 9.71. The van der Waals surface area contributed by atoms with E-state index in [1.54, 1.807) is 54.6 Å².